The standard InChI is InChI=1S/C6H13NO2.C5H11NO3/c1-3-4(2)5(7)6(8)9;1-3(9-2)4(6)5(7)8/h4-5H,3,7H2,1-2H3,(H,8,9);3-4H,6H2,1-2H3,(H,7,8)/t4-,5-;3-,4+/m01/s1. The number of carboxylic acids is 2. The molecule has 0 amide bonds. The zero-order chi connectivity index (χ0) is 14.9. The van der Waals surface area contributed by atoms with E-state index in [0.717, 1.165) is 6.42 Å². The molecule has 0 unspecified atom stereocenters. The molecule has 0 heterocycles. The number of hydrogen-bond donors (Lipinski definition) is 4. The van der Waals surface area contributed by atoms with Crippen molar-refractivity contribution in [3.63, 3.8) is 0 Å². The predicted octanol–water partition coefficient (Wildman–Crippen LogP) is -0.122. The zero-order valence-electron chi connectivity index (χ0n) is 11.3. The summed E-state index contributed by atoms with van der Waals surface area (Å²) < 4.78 is 4.67. The Morgan fingerprint density at radius 1 is 1.11 bits per heavy atom. The molecule has 7 nitrogen and oxygen atoms in total. The van der Waals surface area contributed by atoms with Gasteiger partial charge in [0.15, 0.2) is 0 Å². The van der Waals surface area contributed by atoms with Gasteiger partial charge >= 0.3 is 11.9 Å². The molecule has 0 rings (SSSR count). The van der Waals surface area contributed by atoms with Gasteiger partial charge in [0.25, 0.3) is 0 Å². The van der Waals surface area contributed by atoms with Crippen LogP contribution < -0.4 is 11.5 Å². The molecule has 7 heteroatoms. The van der Waals surface area contributed by atoms with Gasteiger partial charge in [0.05, 0.1) is 6.10 Å². The fraction of sp³-hybridized carbons (Fsp3) is 0.818. The summed E-state index contributed by atoms with van der Waals surface area (Å²) in [5.41, 5.74) is 10.4. The van der Waals surface area contributed by atoms with Gasteiger partial charge in [-0.3, -0.25) is 9.59 Å². The van der Waals surface area contributed by atoms with E-state index in [-0.39, 0.29) is 5.92 Å². The van der Waals surface area contributed by atoms with Gasteiger partial charge < -0.3 is 26.4 Å². The summed E-state index contributed by atoms with van der Waals surface area (Å²) in [6.07, 6.45) is 0.385. The summed E-state index contributed by atoms with van der Waals surface area (Å²) in [4.78, 5) is 20.3. The third-order valence-electron chi connectivity index (χ3n) is 2.70. The van der Waals surface area contributed by atoms with E-state index in [1.54, 1.807) is 6.92 Å². The molecule has 0 aromatic rings. The highest BCUT2D eigenvalue weighted by Gasteiger charge is 2.18. The number of carbonyl (C=O) groups is 2. The van der Waals surface area contributed by atoms with E-state index in [0.29, 0.717) is 0 Å². The molecule has 0 radical (unpaired) electrons. The van der Waals surface area contributed by atoms with Gasteiger partial charge in [0.1, 0.15) is 12.1 Å². The number of rotatable bonds is 6. The maximum atomic E-state index is 10.2. The Bertz CT molecular complexity index is 234. The molecule has 0 aromatic heterocycles. The van der Waals surface area contributed by atoms with Crippen LogP contribution in [0.25, 0.3) is 0 Å². The Hall–Kier alpha value is -1.18. The number of methoxy groups -OCH3 is 1. The Labute approximate surface area is 107 Å². The molecule has 0 saturated heterocycles. The first kappa shape index (κ1) is 19.2. The Morgan fingerprint density at radius 2 is 1.50 bits per heavy atom. The molecule has 0 fully saturated rings. The Kier molecular flexibility index (Phi) is 10.4. The van der Waals surface area contributed by atoms with Crippen LogP contribution in [0.3, 0.4) is 0 Å². The van der Waals surface area contributed by atoms with Crippen molar-refractivity contribution in [2.75, 3.05) is 7.11 Å². The van der Waals surface area contributed by atoms with E-state index < -0.39 is 30.1 Å². The van der Waals surface area contributed by atoms with Gasteiger partial charge in [-0.2, -0.15) is 0 Å². The van der Waals surface area contributed by atoms with Gasteiger partial charge in [-0.25, -0.2) is 0 Å². The lowest BCUT2D eigenvalue weighted by molar-refractivity contribution is -0.141. The van der Waals surface area contributed by atoms with Crippen molar-refractivity contribution in [2.45, 2.75) is 45.4 Å². The van der Waals surface area contributed by atoms with Crippen LogP contribution in [-0.2, 0) is 14.3 Å². The van der Waals surface area contributed by atoms with Crippen LogP contribution in [0.4, 0.5) is 0 Å². The van der Waals surface area contributed by atoms with Gasteiger partial charge in [0.2, 0.25) is 0 Å². The second-order valence-electron chi connectivity index (χ2n) is 4.05. The number of carboxylic acid groups (broad SMARTS) is 2. The van der Waals surface area contributed by atoms with Crippen molar-refractivity contribution < 1.29 is 24.5 Å². The number of ether oxygens (including phenoxy) is 1. The Morgan fingerprint density at radius 3 is 1.61 bits per heavy atom. The van der Waals surface area contributed by atoms with Crippen LogP contribution in [0.5, 0.6) is 0 Å². The van der Waals surface area contributed by atoms with Gasteiger partial charge in [-0.05, 0) is 12.8 Å². The van der Waals surface area contributed by atoms with Gasteiger partial charge in [-0.1, -0.05) is 20.3 Å². The topological polar surface area (TPSA) is 136 Å². The summed E-state index contributed by atoms with van der Waals surface area (Å²) in [5.74, 6) is -1.88. The van der Waals surface area contributed by atoms with Crippen LogP contribution in [0.1, 0.15) is 27.2 Å². The van der Waals surface area contributed by atoms with Crippen LogP contribution in [0.15, 0.2) is 0 Å². The van der Waals surface area contributed by atoms with Crippen LogP contribution in [0, 0.1) is 5.92 Å². The van der Waals surface area contributed by atoms with E-state index >= 15 is 0 Å². The van der Waals surface area contributed by atoms with E-state index in [1.165, 1.54) is 7.11 Å². The number of hydrogen-bond acceptors (Lipinski definition) is 5. The fourth-order valence-corrected chi connectivity index (χ4v) is 0.845. The summed E-state index contributed by atoms with van der Waals surface area (Å²) in [6, 6.07) is -1.62. The highest BCUT2D eigenvalue weighted by Crippen LogP contribution is 2.04. The number of nitrogens with two attached hydrogens (primary N) is 2. The highest BCUT2D eigenvalue weighted by molar-refractivity contribution is 5.74. The molecule has 108 valence electrons. The first-order valence-electron chi connectivity index (χ1n) is 5.68. The van der Waals surface area contributed by atoms with E-state index in [4.69, 9.17) is 21.7 Å². The van der Waals surface area contributed by atoms with Crippen molar-refractivity contribution in [3.05, 3.63) is 0 Å². The van der Waals surface area contributed by atoms with Crippen molar-refractivity contribution in [3.8, 4) is 0 Å². The summed E-state index contributed by atoms with van der Waals surface area (Å²) in [5, 5.41) is 16.6. The lowest BCUT2D eigenvalue weighted by Gasteiger charge is -2.12. The molecule has 0 aromatic carbocycles. The van der Waals surface area contributed by atoms with Gasteiger partial charge in [-0.15, -0.1) is 0 Å². The first-order chi connectivity index (χ1) is 8.18. The Balaban J connectivity index is 0. The van der Waals surface area contributed by atoms with Crippen molar-refractivity contribution in [1.82, 2.24) is 0 Å². The maximum absolute atomic E-state index is 10.2. The quantitative estimate of drug-likeness (QED) is 0.525. The lowest BCUT2D eigenvalue weighted by atomic mass is 10.0. The summed E-state index contributed by atoms with van der Waals surface area (Å²) in [7, 11) is 1.42. The van der Waals surface area contributed by atoms with Crippen LogP contribution in [-0.4, -0.2) is 47.4 Å². The molecule has 6 N–H and O–H groups in total. The van der Waals surface area contributed by atoms with Crippen molar-refractivity contribution in [1.29, 1.82) is 0 Å². The summed E-state index contributed by atoms with van der Waals surface area (Å²) >= 11 is 0. The smallest absolute Gasteiger partial charge is 0.323 e. The SMILES string of the molecule is CC[C@H](C)[C@H](N)C(=O)O.CO[C@H](C)[C@H](N)C(=O)O. The highest BCUT2D eigenvalue weighted by atomic mass is 16.5. The summed E-state index contributed by atoms with van der Waals surface area (Å²) in [6.45, 7) is 5.37. The monoisotopic (exact) mass is 264 g/mol. The molecule has 18 heavy (non-hydrogen) atoms. The second-order valence-corrected chi connectivity index (χ2v) is 4.05. The molecule has 0 aliphatic rings. The molecular formula is C11H24N2O5. The van der Waals surface area contributed by atoms with Crippen molar-refractivity contribution >= 4 is 11.9 Å². The zero-order valence-corrected chi connectivity index (χ0v) is 11.3. The number of aliphatic carboxylic acids is 2. The molecule has 0 bridgehead atoms. The molecule has 0 aliphatic heterocycles. The fourth-order valence-electron chi connectivity index (χ4n) is 0.845. The average Bonchev–Trinajstić information content (AvgIpc) is 2.35. The largest absolute Gasteiger partial charge is 0.480 e. The van der Waals surface area contributed by atoms with E-state index in [1.807, 2.05) is 13.8 Å². The van der Waals surface area contributed by atoms with Crippen LogP contribution >= 0.6 is 0 Å². The molecule has 4 atom stereocenters. The normalized spacial score (nSPS) is 16.8. The predicted molar refractivity (Wildman–Crippen MR) is 67.1 cm³/mol. The van der Waals surface area contributed by atoms with E-state index in [9.17, 15) is 9.59 Å². The van der Waals surface area contributed by atoms with E-state index in [2.05, 4.69) is 4.74 Å². The third kappa shape index (κ3) is 7.99. The molecule has 0 saturated carbocycles. The maximum Gasteiger partial charge on any atom is 0.323 e. The minimum absolute atomic E-state index is 0.0718. The molecular weight excluding hydrogens is 240 g/mol. The third-order valence-corrected chi connectivity index (χ3v) is 2.70. The molecule has 0 spiro atoms. The van der Waals surface area contributed by atoms with Crippen molar-refractivity contribution in [2.24, 2.45) is 17.4 Å². The molecule has 0 aliphatic carbocycles. The van der Waals surface area contributed by atoms with Gasteiger partial charge in [0, 0.05) is 7.11 Å². The lowest BCUT2D eigenvalue weighted by Crippen LogP contribution is -2.40. The minimum atomic E-state index is -1.04. The first-order valence-corrected chi connectivity index (χ1v) is 5.68. The van der Waals surface area contributed by atoms with Crippen LogP contribution in [0.2, 0.25) is 0 Å². The second kappa shape index (κ2) is 9.81. The average molecular weight is 264 g/mol. The minimum Gasteiger partial charge on any atom is -0.480 e.